The lowest BCUT2D eigenvalue weighted by molar-refractivity contribution is -0.119. The highest BCUT2D eigenvalue weighted by atomic mass is 35.5. The molecule has 0 saturated heterocycles. The van der Waals surface area contributed by atoms with Crippen LogP contribution in [0.25, 0.3) is 10.6 Å². The molecule has 0 aliphatic rings. The number of nitrogens with zero attached hydrogens (tertiary/aromatic N) is 1. The third-order valence-electron chi connectivity index (χ3n) is 2.40. The maximum atomic E-state index is 11.6. The summed E-state index contributed by atoms with van der Waals surface area (Å²) in [6.07, 6.45) is 0. The van der Waals surface area contributed by atoms with Crippen molar-refractivity contribution < 1.29 is 9.53 Å². The molecule has 0 aliphatic carbocycles. The van der Waals surface area contributed by atoms with Crippen LogP contribution in [0.4, 0.5) is 5.69 Å². The van der Waals surface area contributed by atoms with E-state index in [1.165, 1.54) is 18.4 Å². The summed E-state index contributed by atoms with van der Waals surface area (Å²) in [5.74, 6) is 0.193. The van der Waals surface area contributed by atoms with Crippen LogP contribution in [0.15, 0.2) is 29.6 Å². The van der Waals surface area contributed by atoms with Crippen LogP contribution >= 0.6 is 22.9 Å². The molecule has 19 heavy (non-hydrogen) atoms. The van der Waals surface area contributed by atoms with Crippen molar-refractivity contribution >= 4 is 34.5 Å². The molecule has 1 aromatic heterocycles. The molecular formula is C13H13ClN2O2S. The average Bonchev–Trinajstić information content (AvgIpc) is 2.88. The zero-order valence-electron chi connectivity index (χ0n) is 10.4. The molecule has 4 nitrogen and oxygen atoms in total. The van der Waals surface area contributed by atoms with Gasteiger partial charge in [0.05, 0.1) is 17.3 Å². The zero-order valence-corrected chi connectivity index (χ0v) is 11.9. The molecule has 2 aromatic rings. The molecule has 0 radical (unpaired) electrons. The summed E-state index contributed by atoms with van der Waals surface area (Å²) in [7, 11) is 1.49. The maximum Gasteiger partial charge on any atom is 0.250 e. The van der Waals surface area contributed by atoms with Gasteiger partial charge in [-0.3, -0.25) is 4.79 Å². The van der Waals surface area contributed by atoms with E-state index < -0.39 is 0 Å². The van der Waals surface area contributed by atoms with Crippen molar-refractivity contribution in [2.45, 2.75) is 5.88 Å². The summed E-state index contributed by atoms with van der Waals surface area (Å²) < 4.78 is 4.80. The molecule has 0 saturated carbocycles. The van der Waals surface area contributed by atoms with Gasteiger partial charge in [-0.15, -0.1) is 22.9 Å². The quantitative estimate of drug-likeness (QED) is 0.863. The predicted molar refractivity (Wildman–Crippen MR) is 77.6 cm³/mol. The zero-order chi connectivity index (χ0) is 13.7. The Labute approximate surface area is 120 Å². The lowest BCUT2D eigenvalue weighted by Gasteiger charge is -2.08. The maximum absolute atomic E-state index is 11.6. The van der Waals surface area contributed by atoms with Crippen molar-refractivity contribution in [3.63, 3.8) is 0 Å². The number of methoxy groups -OCH3 is 1. The lowest BCUT2D eigenvalue weighted by atomic mass is 10.2. The highest BCUT2D eigenvalue weighted by Gasteiger charge is 2.11. The number of aromatic nitrogens is 1. The first-order chi connectivity index (χ1) is 9.24. The molecule has 0 aliphatic heterocycles. The van der Waals surface area contributed by atoms with Crippen LogP contribution in [-0.4, -0.2) is 24.6 Å². The van der Waals surface area contributed by atoms with E-state index in [0.717, 1.165) is 22.0 Å². The van der Waals surface area contributed by atoms with Crippen molar-refractivity contribution in [2.75, 3.05) is 19.0 Å². The molecule has 1 heterocycles. The summed E-state index contributed by atoms with van der Waals surface area (Å²) in [4.78, 5) is 16.0. The smallest absolute Gasteiger partial charge is 0.250 e. The summed E-state index contributed by atoms with van der Waals surface area (Å²) in [5, 5.41) is 5.56. The van der Waals surface area contributed by atoms with E-state index in [9.17, 15) is 4.79 Å². The minimum atomic E-state index is -0.191. The van der Waals surface area contributed by atoms with Crippen molar-refractivity contribution in [1.82, 2.24) is 4.98 Å². The number of anilines is 1. The molecule has 1 N–H and O–H groups in total. The number of amides is 1. The van der Waals surface area contributed by atoms with Crippen LogP contribution in [0.1, 0.15) is 5.69 Å². The molecule has 6 heteroatoms. The lowest BCUT2D eigenvalue weighted by Crippen LogP contribution is -2.17. The third-order valence-corrected chi connectivity index (χ3v) is 3.59. The van der Waals surface area contributed by atoms with Crippen LogP contribution in [-0.2, 0) is 15.4 Å². The van der Waals surface area contributed by atoms with E-state index in [0.29, 0.717) is 5.88 Å². The van der Waals surface area contributed by atoms with Crippen LogP contribution < -0.4 is 5.32 Å². The van der Waals surface area contributed by atoms with Gasteiger partial charge < -0.3 is 10.1 Å². The fraction of sp³-hybridized carbons (Fsp3) is 0.231. The summed E-state index contributed by atoms with van der Waals surface area (Å²) in [5.41, 5.74) is 2.44. The number of thiazole rings is 1. The predicted octanol–water partition coefficient (Wildman–Crippen LogP) is 3.13. The van der Waals surface area contributed by atoms with Gasteiger partial charge >= 0.3 is 0 Å². The van der Waals surface area contributed by atoms with E-state index in [1.807, 2.05) is 29.6 Å². The number of para-hydroxylation sites is 1. The standard InChI is InChI=1S/C13H13ClN2O2S/c1-18-7-12(17)16-11-5-3-2-4-10(11)13-15-9(6-14)8-19-13/h2-5,8H,6-7H2,1H3,(H,16,17). The molecule has 1 amide bonds. The highest BCUT2D eigenvalue weighted by molar-refractivity contribution is 7.13. The Kier molecular flexibility index (Phi) is 4.90. The SMILES string of the molecule is COCC(=O)Nc1ccccc1-c1nc(CCl)cs1. The Balaban J connectivity index is 2.27. The Morgan fingerprint density at radius 2 is 2.26 bits per heavy atom. The first-order valence-electron chi connectivity index (χ1n) is 5.63. The number of carbonyl (C=O) groups excluding carboxylic acids is 1. The fourth-order valence-corrected chi connectivity index (χ4v) is 2.68. The molecule has 2 rings (SSSR count). The Bertz CT molecular complexity index is 571. The van der Waals surface area contributed by atoms with Crippen LogP contribution in [0.5, 0.6) is 0 Å². The van der Waals surface area contributed by atoms with Gasteiger partial charge in [-0.05, 0) is 12.1 Å². The van der Waals surface area contributed by atoms with Gasteiger partial charge in [0.1, 0.15) is 11.6 Å². The molecular weight excluding hydrogens is 284 g/mol. The monoisotopic (exact) mass is 296 g/mol. The number of benzene rings is 1. The number of nitrogens with one attached hydrogen (secondary N) is 1. The molecule has 0 atom stereocenters. The van der Waals surface area contributed by atoms with Gasteiger partial charge in [0.25, 0.3) is 0 Å². The molecule has 100 valence electrons. The van der Waals surface area contributed by atoms with Crippen molar-refractivity contribution in [3.8, 4) is 10.6 Å². The van der Waals surface area contributed by atoms with E-state index in [-0.39, 0.29) is 12.5 Å². The van der Waals surface area contributed by atoms with Gasteiger partial charge in [0, 0.05) is 18.1 Å². The summed E-state index contributed by atoms with van der Waals surface area (Å²) in [6, 6.07) is 7.52. The van der Waals surface area contributed by atoms with Gasteiger partial charge in [0.2, 0.25) is 5.91 Å². The minimum Gasteiger partial charge on any atom is -0.375 e. The number of ether oxygens (including phenoxy) is 1. The van der Waals surface area contributed by atoms with Crippen molar-refractivity contribution in [1.29, 1.82) is 0 Å². The number of halogens is 1. The Morgan fingerprint density at radius 1 is 1.47 bits per heavy atom. The minimum absolute atomic E-state index is 0.0269. The van der Waals surface area contributed by atoms with E-state index in [2.05, 4.69) is 10.3 Å². The molecule has 1 aromatic carbocycles. The normalized spacial score (nSPS) is 10.4. The molecule has 0 unspecified atom stereocenters. The second kappa shape index (κ2) is 6.65. The van der Waals surface area contributed by atoms with E-state index >= 15 is 0 Å². The first kappa shape index (κ1) is 14.0. The number of rotatable bonds is 5. The molecule has 0 bridgehead atoms. The fourth-order valence-electron chi connectivity index (χ4n) is 1.59. The van der Waals surface area contributed by atoms with Crippen LogP contribution in [0.3, 0.4) is 0 Å². The topological polar surface area (TPSA) is 51.2 Å². The van der Waals surface area contributed by atoms with Crippen molar-refractivity contribution in [3.05, 3.63) is 35.3 Å². The number of alkyl halides is 1. The summed E-state index contributed by atoms with van der Waals surface area (Å²) in [6.45, 7) is 0.0269. The summed E-state index contributed by atoms with van der Waals surface area (Å²) >= 11 is 7.25. The number of carbonyl (C=O) groups is 1. The molecule has 0 fully saturated rings. The Morgan fingerprint density at radius 3 is 2.95 bits per heavy atom. The van der Waals surface area contributed by atoms with Gasteiger partial charge in [-0.1, -0.05) is 12.1 Å². The van der Waals surface area contributed by atoms with E-state index in [4.69, 9.17) is 16.3 Å². The molecule has 0 spiro atoms. The first-order valence-corrected chi connectivity index (χ1v) is 7.04. The largest absolute Gasteiger partial charge is 0.375 e. The number of hydrogen-bond acceptors (Lipinski definition) is 4. The highest BCUT2D eigenvalue weighted by Crippen LogP contribution is 2.30. The van der Waals surface area contributed by atoms with Gasteiger partial charge in [-0.2, -0.15) is 0 Å². The number of hydrogen-bond donors (Lipinski definition) is 1. The van der Waals surface area contributed by atoms with Gasteiger partial charge in [0.15, 0.2) is 0 Å². The Hall–Kier alpha value is -1.43. The van der Waals surface area contributed by atoms with Gasteiger partial charge in [-0.25, -0.2) is 4.98 Å². The van der Waals surface area contributed by atoms with Crippen LogP contribution in [0, 0.1) is 0 Å². The van der Waals surface area contributed by atoms with E-state index in [1.54, 1.807) is 0 Å². The average molecular weight is 297 g/mol. The second-order valence-electron chi connectivity index (χ2n) is 3.80. The second-order valence-corrected chi connectivity index (χ2v) is 4.93. The van der Waals surface area contributed by atoms with Crippen molar-refractivity contribution in [2.24, 2.45) is 0 Å². The van der Waals surface area contributed by atoms with Crippen LogP contribution in [0.2, 0.25) is 0 Å². The third kappa shape index (κ3) is 3.53.